The Balaban J connectivity index is 3.33. The third-order valence-electron chi connectivity index (χ3n) is 2.34. The highest BCUT2D eigenvalue weighted by Crippen LogP contribution is 2.46. The average Bonchev–Trinajstić information content (AvgIpc) is 2.29. The van der Waals surface area contributed by atoms with E-state index in [1.807, 2.05) is 0 Å². The second kappa shape index (κ2) is 5.19. The highest BCUT2D eigenvalue weighted by Gasteiger charge is 2.59. The average molecular weight is 270 g/mol. The van der Waals surface area contributed by atoms with Crippen molar-refractivity contribution in [2.24, 2.45) is 0 Å². The molecule has 0 unspecified atom stereocenters. The van der Waals surface area contributed by atoms with Crippen LogP contribution in [0.1, 0.15) is 17.4 Å². The molecule has 0 fully saturated rings. The lowest BCUT2D eigenvalue weighted by Gasteiger charge is -2.25. The predicted molar refractivity (Wildman–Crippen MR) is 53.2 cm³/mol. The molecule has 0 radical (unpaired) electrons. The summed E-state index contributed by atoms with van der Waals surface area (Å²) in [4.78, 5) is 0. The van der Waals surface area contributed by atoms with Gasteiger partial charge in [-0.3, -0.25) is 0 Å². The Morgan fingerprint density at radius 2 is 1.44 bits per heavy atom. The third kappa shape index (κ3) is 2.62. The SMILES string of the molecule is COC(OC)c1ccccc1C(F)(F)C(F)(F)F. The minimum absolute atomic E-state index is 0.357. The zero-order valence-electron chi connectivity index (χ0n) is 9.59. The number of rotatable bonds is 4. The maximum absolute atomic E-state index is 13.3. The van der Waals surface area contributed by atoms with E-state index in [0.29, 0.717) is 6.07 Å². The Bertz CT molecular complexity index is 399. The molecule has 7 heteroatoms. The number of hydrogen-bond acceptors (Lipinski definition) is 2. The van der Waals surface area contributed by atoms with Crippen molar-refractivity contribution in [3.8, 4) is 0 Å². The lowest BCUT2D eigenvalue weighted by molar-refractivity contribution is -0.290. The molecular formula is C11H11F5O2. The van der Waals surface area contributed by atoms with Crippen LogP contribution in [0.25, 0.3) is 0 Å². The molecular weight excluding hydrogens is 259 g/mol. The van der Waals surface area contributed by atoms with E-state index < -0.39 is 24.0 Å². The smallest absolute Gasteiger partial charge is 0.352 e. The van der Waals surface area contributed by atoms with E-state index in [9.17, 15) is 22.0 Å². The molecule has 1 aromatic carbocycles. The monoisotopic (exact) mass is 270 g/mol. The number of methoxy groups -OCH3 is 2. The van der Waals surface area contributed by atoms with E-state index >= 15 is 0 Å². The fourth-order valence-corrected chi connectivity index (χ4v) is 1.49. The van der Waals surface area contributed by atoms with Gasteiger partial charge in [-0.2, -0.15) is 22.0 Å². The molecule has 0 amide bonds. The Hall–Kier alpha value is -1.21. The molecule has 1 rings (SSSR count). The van der Waals surface area contributed by atoms with Gasteiger partial charge in [-0.25, -0.2) is 0 Å². The van der Waals surface area contributed by atoms with Crippen molar-refractivity contribution in [1.29, 1.82) is 0 Å². The molecule has 0 atom stereocenters. The molecule has 0 aliphatic carbocycles. The second-order valence-electron chi connectivity index (χ2n) is 3.46. The Morgan fingerprint density at radius 3 is 1.89 bits per heavy atom. The quantitative estimate of drug-likeness (QED) is 0.614. The first-order valence-electron chi connectivity index (χ1n) is 4.85. The van der Waals surface area contributed by atoms with Crippen LogP contribution >= 0.6 is 0 Å². The molecule has 18 heavy (non-hydrogen) atoms. The minimum Gasteiger partial charge on any atom is -0.352 e. The molecule has 0 bridgehead atoms. The first-order chi connectivity index (χ1) is 8.25. The molecule has 0 spiro atoms. The number of ether oxygens (including phenoxy) is 2. The van der Waals surface area contributed by atoms with Crippen molar-refractivity contribution >= 4 is 0 Å². The van der Waals surface area contributed by atoms with Gasteiger partial charge in [-0.15, -0.1) is 0 Å². The van der Waals surface area contributed by atoms with Crippen molar-refractivity contribution in [3.05, 3.63) is 35.4 Å². The third-order valence-corrected chi connectivity index (χ3v) is 2.34. The van der Waals surface area contributed by atoms with E-state index in [0.717, 1.165) is 26.4 Å². The van der Waals surface area contributed by atoms with Gasteiger partial charge in [0.1, 0.15) is 0 Å². The van der Waals surface area contributed by atoms with Crippen LogP contribution in [0.5, 0.6) is 0 Å². The molecule has 0 aromatic heterocycles. The number of halogens is 5. The van der Waals surface area contributed by atoms with Gasteiger partial charge in [0.2, 0.25) is 0 Å². The summed E-state index contributed by atoms with van der Waals surface area (Å²) in [6.45, 7) is 0. The van der Waals surface area contributed by atoms with Crippen molar-refractivity contribution < 1.29 is 31.4 Å². The van der Waals surface area contributed by atoms with Gasteiger partial charge in [0, 0.05) is 25.3 Å². The Morgan fingerprint density at radius 1 is 0.944 bits per heavy atom. The first-order valence-corrected chi connectivity index (χ1v) is 4.85. The largest absolute Gasteiger partial charge is 0.458 e. The molecule has 0 saturated heterocycles. The lowest BCUT2D eigenvalue weighted by Crippen LogP contribution is -2.35. The Kier molecular flexibility index (Phi) is 4.28. The van der Waals surface area contributed by atoms with Gasteiger partial charge in [0.15, 0.2) is 6.29 Å². The van der Waals surface area contributed by atoms with Gasteiger partial charge in [-0.1, -0.05) is 24.3 Å². The molecule has 0 heterocycles. The van der Waals surface area contributed by atoms with E-state index in [1.165, 1.54) is 6.07 Å². The number of alkyl halides is 5. The van der Waals surface area contributed by atoms with Crippen LogP contribution in [-0.4, -0.2) is 20.4 Å². The van der Waals surface area contributed by atoms with E-state index in [4.69, 9.17) is 9.47 Å². The lowest BCUT2D eigenvalue weighted by atomic mass is 10.0. The van der Waals surface area contributed by atoms with Gasteiger partial charge >= 0.3 is 12.1 Å². The minimum atomic E-state index is -5.67. The van der Waals surface area contributed by atoms with Gasteiger partial charge in [-0.05, 0) is 0 Å². The van der Waals surface area contributed by atoms with Gasteiger partial charge < -0.3 is 9.47 Å². The summed E-state index contributed by atoms with van der Waals surface area (Å²) in [5.74, 6) is -4.96. The normalized spacial score (nSPS) is 13.1. The molecule has 2 nitrogen and oxygen atoms in total. The van der Waals surface area contributed by atoms with Crippen molar-refractivity contribution in [1.82, 2.24) is 0 Å². The summed E-state index contributed by atoms with van der Waals surface area (Å²) in [6.07, 6.45) is -6.95. The molecule has 0 saturated carbocycles. The second-order valence-corrected chi connectivity index (χ2v) is 3.46. The summed E-state index contributed by atoms with van der Waals surface area (Å²) in [7, 11) is 2.30. The Labute approximate surface area is 100 Å². The molecule has 0 aliphatic heterocycles. The summed E-state index contributed by atoms with van der Waals surface area (Å²) in [5.41, 5.74) is -1.53. The summed E-state index contributed by atoms with van der Waals surface area (Å²) in [5, 5.41) is 0. The predicted octanol–water partition coefficient (Wildman–Crippen LogP) is 3.63. The van der Waals surface area contributed by atoms with Gasteiger partial charge in [0.05, 0.1) is 0 Å². The zero-order chi connectivity index (χ0) is 14.0. The van der Waals surface area contributed by atoms with Crippen LogP contribution in [0.2, 0.25) is 0 Å². The highest BCUT2D eigenvalue weighted by atomic mass is 19.4. The fourth-order valence-electron chi connectivity index (χ4n) is 1.49. The molecule has 102 valence electrons. The van der Waals surface area contributed by atoms with Crippen LogP contribution < -0.4 is 0 Å². The van der Waals surface area contributed by atoms with Crippen LogP contribution in [0.15, 0.2) is 24.3 Å². The summed E-state index contributed by atoms with van der Waals surface area (Å²) in [6, 6.07) is 4.23. The van der Waals surface area contributed by atoms with Crippen LogP contribution in [0.4, 0.5) is 22.0 Å². The topological polar surface area (TPSA) is 18.5 Å². The van der Waals surface area contributed by atoms with Crippen molar-refractivity contribution in [3.63, 3.8) is 0 Å². The molecule has 0 N–H and O–H groups in total. The number of hydrogen-bond donors (Lipinski definition) is 0. The maximum Gasteiger partial charge on any atom is 0.458 e. The van der Waals surface area contributed by atoms with Crippen molar-refractivity contribution in [2.45, 2.75) is 18.4 Å². The molecule has 1 aromatic rings. The standard InChI is InChI=1S/C11H11F5O2/c1-17-9(18-2)7-5-3-4-6-8(7)10(12,13)11(14,15)16/h3-6,9H,1-2H3. The summed E-state index contributed by atoms with van der Waals surface area (Å²) >= 11 is 0. The van der Waals surface area contributed by atoms with Crippen molar-refractivity contribution in [2.75, 3.05) is 14.2 Å². The number of benzene rings is 1. The van der Waals surface area contributed by atoms with Crippen LogP contribution in [-0.2, 0) is 15.4 Å². The maximum atomic E-state index is 13.3. The van der Waals surface area contributed by atoms with Gasteiger partial charge in [0.25, 0.3) is 0 Å². The van der Waals surface area contributed by atoms with E-state index in [2.05, 4.69) is 0 Å². The first kappa shape index (κ1) is 14.8. The molecule has 0 aliphatic rings. The summed E-state index contributed by atoms with van der Waals surface area (Å²) < 4.78 is 73.1. The van der Waals surface area contributed by atoms with E-state index in [1.54, 1.807) is 0 Å². The zero-order valence-corrected chi connectivity index (χ0v) is 9.59. The van der Waals surface area contributed by atoms with E-state index in [-0.39, 0.29) is 5.56 Å². The fraction of sp³-hybridized carbons (Fsp3) is 0.455. The van der Waals surface area contributed by atoms with Crippen LogP contribution in [0, 0.1) is 0 Å². The van der Waals surface area contributed by atoms with Crippen LogP contribution in [0.3, 0.4) is 0 Å². The highest BCUT2D eigenvalue weighted by molar-refractivity contribution is 5.33.